The Morgan fingerprint density at radius 3 is 2.17 bits per heavy atom. The highest BCUT2D eigenvalue weighted by atomic mass is 32.2. The number of ketones is 1. The van der Waals surface area contributed by atoms with Gasteiger partial charge in [-0.1, -0.05) is 66.7 Å². The monoisotopic (exact) mass is 333 g/mol. The second-order valence-corrected chi connectivity index (χ2v) is 6.49. The molecule has 2 nitrogen and oxygen atoms in total. The van der Waals surface area contributed by atoms with E-state index in [4.69, 9.17) is 0 Å². The first-order valence-corrected chi connectivity index (χ1v) is 8.73. The van der Waals surface area contributed by atoms with Crippen molar-refractivity contribution in [1.82, 2.24) is 4.72 Å². The van der Waals surface area contributed by atoms with Gasteiger partial charge in [-0.3, -0.25) is 9.52 Å². The van der Waals surface area contributed by atoms with Crippen molar-refractivity contribution >= 4 is 17.7 Å². The van der Waals surface area contributed by atoms with Gasteiger partial charge in [-0.05, 0) is 42.6 Å². The molecule has 3 aromatic rings. The quantitative estimate of drug-likeness (QED) is 0.492. The molecule has 0 fully saturated rings. The third-order valence-electron chi connectivity index (χ3n) is 3.78. The van der Waals surface area contributed by atoms with E-state index in [1.165, 1.54) is 4.90 Å². The number of carbonyl (C=O) groups excluding carboxylic acids is 1. The van der Waals surface area contributed by atoms with E-state index in [0.29, 0.717) is 5.56 Å². The fourth-order valence-electron chi connectivity index (χ4n) is 2.42. The molecule has 3 rings (SSSR count). The van der Waals surface area contributed by atoms with Crippen LogP contribution in [0.1, 0.15) is 34.5 Å². The molecule has 0 radical (unpaired) electrons. The molecule has 3 heteroatoms. The summed E-state index contributed by atoms with van der Waals surface area (Å²) >= 11 is 1.60. The van der Waals surface area contributed by atoms with Gasteiger partial charge in [-0.15, -0.1) is 0 Å². The molecule has 0 saturated carbocycles. The molecule has 0 aliphatic heterocycles. The fourth-order valence-corrected chi connectivity index (χ4v) is 3.16. The largest absolute Gasteiger partial charge is 0.289 e. The van der Waals surface area contributed by atoms with Crippen molar-refractivity contribution < 1.29 is 4.79 Å². The molecular weight excluding hydrogens is 314 g/mol. The highest BCUT2D eigenvalue weighted by Crippen LogP contribution is 2.22. The van der Waals surface area contributed by atoms with Crippen molar-refractivity contribution in [2.45, 2.75) is 17.9 Å². The Morgan fingerprint density at radius 1 is 0.833 bits per heavy atom. The topological polar surface area (TPSA) is 29.1 Å². The van der Waals surface area contributed by atoms with Crippen molar-refractivity contribution in [3.63, 3.8) is 0 Å². The highest BCUT2D eigenvalue weighted by Gasteiger charge is 2.11. The number of nitrogens with one attached hydrogen (secondary N) is 1. The Bertz CT molecular complexity index is 802. The lowest BCUT2D eigenvalue weighted by molar-refractivity contribution is 0.103. The molecule has 0 heterocycles. The van der Waals surface area contributed by atoms with Crippen LogP contribution >= 0.6 is 11.9 Å². The van der Waals surface area contributed by atoms with Crippen LogP contribution in [0.3, 0.4) is 0 Å². The van der Waals surface area contributed by atoms with E-state index in [-0.39, 0.29) is 11.8 Å². The van der Waals surface area contributed by atoms with Crippen LogP contribution < -0.4 is 4.72 Å². The zero-order valence-corrected chi connectivity index (χ0v) is 14.3. The molecule has 1 atom stereocenters. The van der Waals surface area contributed by atoms with Crippen LogP contribution in [0, 0.1) is 0 Å². The lowest BCUT2D eigenvalue weighted by Crippen LogP contribution is -2.11. The van der Waals surface area contributed by atoms with Crippen LogP contribution in [0.4, 0.5) is 0 Å². The minimum absolute atomic E-state index is 0.0559. The lowest BCUT2D eigenvalue weighted by atomic mass is 9.99. The molecule has 1 N–H and O–H groups in total. The summed E-state index contributed by atoms with van der Waals surface area (Å²) in [6, 6.07) is 27.5. The zero-order chi connectivity index (χ0) is 16.8. The van der Waals surface area contributed by atoms with Crippen molar-refractivity contribution in [3.05, 3.63) is 102 Å². The van der Waals surface area contributed by atoms with Crippen LogP contribution in [0.25, 0.3) is 0 Å². The maximum atomic E-state index is 12.6. The van der Waals surface area contributed by atoms with Gasteiger partial charge < -0.3 is 0 Å². The van der Waals surface area contributed by atoms with E-state index in [0.717, 1.165) is 11.1 Å². The Morgan fingerprint density at radius 2 is 1.46 bits per heavy atom. The standard InChI is InChI=1S/C21H19NOS/c1-16(22-24-20-13-6-3-7-14-20)18-11-8-12-19(15-18)21(23)17-9-4-2-5-10-17/h2-16,22H,1H3. The van der Waals surface area contributed by atoms with Gasteiger partial charge >= 0.3 is 0 Å². The first-order valence-electron chi connectivity index (χ1n) is 7.91. The second kappa shape index (κ2) is 7.95. The molecule has 0 aliphatic carbocycles. The Labute approximate surface area is 147 Å². The van der Waals surface area contributed by atoms with Gasteiger partial charge in [0.25, 0.3) is 0 Å². The van der Waals surface area contributed by atoms with Gasteiger partial charge in [0.2, 0.25) is 0 Å². The maximum Gasteiger partial charge on any atom is 0.193 e. The van der Waals surface area contributed by atoms with Gasteiger partial charge in [-0.25, -0.2) is 0 Å². The summed E-state index contributed by atoms with van der Waals surface area (Å²) in [6.45, 7) is 2.10. The van der Waals surface area contributed by atoms with Crippen LogP contribution in [0.15, 0.2) is 89.8 Å². The molecule has 0 spiro atoms. The molecule has 0 saturated heterocycles. The normalized spacial score (nSPS) is 11.9. The summed E-state index contributed by atoms with van der Waals surface area (Å²) in [6.07, 6.45) is 0. The first-order chi connectivity index (χ1) is 11.7. The number of hydrogen-bond acceptors (Lipinski definition) is 3. The van der Waals surface area contributed by atoms with Gasteiger partial charge in [0.15, 0.2) is 5.78 Å². The van der Waals surface area contributed by atoms with E-state index < -0.39 is 0 Å². The van der Waals surface area contributed by atoms with E-state index in [2.05, 4.69) is 23.8 Å². The molecule has 0 aliphatic rings. The van der Waals surface area contributed by atoms with E-state index >= 15 is 0 Å². The SMILES string of the molecule is CC(NSc1ccccc1)c1cccc(C(=O)c2ccccc2)c1. The third-order valence-corrected chi connectivity index (χ3v) is 4.76. The fraction of sp³-hybridized carbons (Fsp3) is 0.0952. The molecule has 0 aromatic heterocycles. The number of rotatable bonds is 6. The number of hydrogen-bond donors (Lipinski definition) is 1. The average Bonchev–Trinajstić information content (AvgIpc) is 2.67. The predicted molar refractivity (Wildman–Crippen MR) is 100 cm³/mol. The summed E-state index contributed by atoms with van der Waals surface area (Å²) in [4.78, 5) is 13.7. The summed E-state index contributed by atoms with van der Waals surface area (Å²) < 4.78 is 3.43. The van der Waals surface area contributed by atoms with Crippen molar-refractivity contribution in [3.8, 4) is 0 Å². The van der Waals surface area contributed by atoms with Crippen molar-refractivity contribution in [2.24, 2.45) is 0 Å². The lowest BCUT2D eigenvalue weighted by Gasteiger charge is -2.14. The average molecular weight is 333 g/mol. The summed E-state index contributed by atoms with van der Waals surface area (Å²) in [5.41, 5.74) is 2.53. The van der Waals surface area contributed by atoms with Crippen LogP contribution in [-0.4, -0.2) is 5.78 Å². The molecule has 24 heavy (non-hydrogen) atoms. The molecule has 1 unspecified atom stereocenters. The predicted octanol–water partition coefficient (Wildman–Crippen LogP) is 5.28. The van der Waals surface area contributed by atoms with Crippen molar-refractivity contribution in [2.75, 3.05) is 0 Å². The third kappa shape index (κ3) is 4.13. The molecule has 0 amide bonds. The minimum atomic E-state index is 0.0559. The smallest absolute Gasteiger partial charge is 0.193 e. The number of carbonyl (C=O) groups is 1. The summed E-state index contributed by atoms with van der Waals surface area (Å²) in [5.74, 6) is 0.0559. The van der Waals surface area contributed by atoms with Gasteiger partial charge in [0, 0.05) is 22.1 Å². The Kier molecular flexibility index (Phi) is 5.47. The van der Waals surface area contributed by atoms with Gasteiger partial charge in [0.05, 0.1) is 0 Å². The van der Waals surface area contributed by atoms with E-state index in [1.807, 2.05) is 72.8 Å². The maximum absolute atomic E-state index is 12.6. The van der Waals surface area contributed by atoms with Gasteiger partial charge in [0.1, 0.15) is 0 Å². The van der Waals surface area contributed by atoms with Crippen LogP contribution in [-0.2, 0) is 0 Å². The minimum Gasteiger partial charge on any atom is -0.289 e. The molecule has 0 bridgehead atoms. The van der Waals surface area contributed by atoms with E-state index in [9.17, 15) is 4.79 Å². The van der Waals surface area contributed by atoms with Crippen LogP contribution in [0.2, 0.25) is 0 Å². The van der Waals surface area contributed by atoms with E-state index in [1.54, 1.807) is 11.9 Å². The zero-order valence-electron chi connectivity index (χ0n) is 13.5. The number of benzene rings is 3. The summed E-state index contributed by atoms with van der Waals surface area (Å²) in [7, 11) is 0. The van der Waals surface area contributed by atoms with Gasteiger partial charge in [-0.2, -0.15) is 0 Å². The van der Waals surface area contributed by atoms with Crippen molar-refractivity contribution in [1.29, 1.82) is 0 Å². The van der Waals surface area contributed by atoms with Crippen LogP contribution in [0.5, 0.6) is 0 Å². The first kappa shape index (κ1) is 16.5. The molecular formula is C21H19NOS. The summed E-state index contributed by atoms with van der Waals surface area (Å²) in [5, 5.41) is 0. The molecule has 3 aromatic carbocycles. The molecule has 120 valence electrons. The highest BCUT2D eigenvalue weighted by molar-refractivity contribution is 7.97. The Balaban J connectivity index is 1.71. The Hall–Kier alpha value is -2.36. The second-order valence-electron chi connectivity index (χ2n) is 5.58.